The Balaban J connectivity index is 2.53. The largest absolute Gasteiger partial charge is 0.496 e. The molecule has 0 unspecified atom stereocenters. The molecule has 74 valence electrons. The zero-order valence-electron chi connectivity index (χ0n) is 8.10. The third kappa shape index (κ3) is 1.08. The molecule has 0 atom stereocenters. The van der Waals surface area contributed by atoms with E-state index in [4.69, 9.17) is 9.37 Å². The Bertz CT molecular complexity index is 631. The van der Waals surface area contributed by atoms with Crippen LogP contribution in [0, 0.1) is 0 Å². The van der Waals surface area contributed by atoms with Crippen molar-refractivity contribution < 1.29 is 9.37 Å². The number of methoxy groups -OCH3 is 1. The fourth-order valence-electron chi connectivity index (χ4n) is 1.75. The van der Waals surface area contributed by atoms with Crippen molar-refractivity contribution >= 4 is 21.8 Å². The number of rotatable bonds is 1. The molecular formula is C11H8N2O2. The summed E-state index contributed by atoms with van der Waals surface area (Å²) in [5, 5.41) is 9.69. The molecule has 4 heteroatoms. The van der Waals surface area contributed by atoms with Crippen LogP contribution in [0.3, 0.4) is 0 Å². The third-order valence-corrected chi connectivity index (χ3v) is 2.46. The second-order valence-electron chi connectivity index (χ2n) is 3.25. The van der Waals surface area contributed by atoms with Gasteiger partial charge in [-0.3, -0.25) is 0 Å². The molecule has 3 rings (SSSR count). The zero-order chi connectivity index (χ0) is 10.3. The molecule has 0 spiro atoms. The second kappa shape index (κ2) is 2.95. The Kier molecular flexibility index (Phi) is 1.62. The van der Waals surface area contributed by atoms with Gasteiger partial charge >= 0.3 is 0 Å². The molecule has 0 aliphatic rings. The van der Waals surface area contributed by atoms with E-state index in [0.717, 1.165) is 27.6 Å². The van der Waals surface area contributed by atoms with Crippen molar-refractivity contribution in [3.8, 4) is 5.75 Å². The van der Waals surface area contributed by atoms with E-state index in [1.807, 2.05) is 30.3 Å². The summed E-state index contributed by atoms with van der Waals surface area (Å²) in [5.74, 6) is 0.831. The van der Waals surface area contributed by atoms with E-state index < -0.39 is 0 Å². The van der Waals surface area contributed by atoms with Crippen LogP contribution in [0.2, 0.25) is 0 Å². The van der Waals surface area contributed by atoms with Gasteiger partial charge in [0.25, 0.3) is 0 Å². The van der Waals surface area contributed by atoms with Gasteiger partial charge in [0, 0.05) is 10.8 Å². The van der Waals surface area contributed by atoms with Crippen molar-refractivity contribution in [2.45, 2.75) is 0 Å². The SMILES string of the molecule is COc1cccc2c1ccc1nonc12. The summed E-state index contributed by atoms with van der Waals surface area (Å²) in [7, 11) is 1.65. The van der Waals surface area contributed by atoms with Crippen molar-refractivity contribution in [2.75, 3.05) is 7.11 Å². The molecule has 0 saturated heterocycles. The zero-order valence-corrected chi connectivity index (χ0v) is 8.10. The first-order chi connectivity index (χ1) is 7.40. The molecule has 0 saturated carbocycles. The quantitative estimate of drug-likeness (QED) is 0.605. The molecule has 0 N–H and O–H groups in total. The molecule has 4 nitrogen and oxygen atoms in total. The molecule has 0 aliphatic heterocycles. The summed E-state index contributed by atoms with van der Waals surface area (Å²) in [5.41, 5.74) is 1.53. The number of hydrogen-bond acceptors (Lipinski definition) is 4. The minimum absolute atomic E-state index is 0.760. The predicted octanol–water partition coefficient (Wildman–Crippen LogP) is 2.38. The molecule has 3 aromatic rings. The van der Waals surface area contributed by atoms with Crippen LogP contribution in [0.5, 0.6) is 5.75 Å². The standard InChI is InChI=1S/C11H8N2O2/c1-14-10-4-2-3-8-7(10)5-6-9-11(8)13-15-12-9/h2-6H,1H3. The van der Waals surface area contributed by atoms with Crippen LogP contribution >= 0.6 is 0 Å². The lowest BCUT2D eigenvalue weighted by atomic mass is 10.1. The van der Waals surface area contributed by atoms with Crippen LogP contribution in [0.25, 0.3) is 21.8 Å². The number of fused-ring (bicyclic) bond motifs is 3. The molecule has 15 heavy (non-hydrogen) atoms. The molecule has 0 fully saturated rings. The lowest BCUT2D eigenvalue weighted by Gasteiger charge is -2.03. The van der Waals surface area contributed by atoms with Crippen molar-refractivity contribution in [3.63, 3.8) is 0 Å². The monoisotopic (exact) mass is 200 g/mol. The minimum Gasteiger partial charge on any atom is -0.496 e. The second-order valence-corrected chi connectivity index (χ2v) is 3.25. The Labute approximate surface area is 85.4 Å². The lowest BCUT2D eigenvalue weighted by molar-refractivity contribution is 0.316. The van der Waals surface area contributed by atoms with Crippen LogP contribution in [-0.4, -0.2) is 17.4 Å². The van der Waals surface area contributed by atoms with Gasteiger partial charge in [-0.15, -0.1) is 0 Å². The van der Waals surface area contributed by atoms with E-state index in [-0.39, 0.29) is 0 Å². The maximum atomic E-state index is 5.27. The topological polar surface area (TPSA) is 48.2 Å². The van der Waals surface area contributed by atoms with E-state index in [2.05, 4.69) is 10.3 Å². The van der Waals surface area contributed by atoms with E-state index in [9.17, 15) is 0 Å². The fourth-order valence-corrected chi connectivity index (χ4v) is 1.75. The van der Waals surface area contributed by atoms with Crippen molar-refractivity contribution in [3.05, 3.63) is 30.3 Å². The van der Waals surface area contributed by atoms with E-state index in [0.29, 0.717) is 0 Å². The molecule has 1 heterocycles. The number of hydrogen-bond donors (Lipinski definition) is 0. The number of benzene rings is 2. The fraction of sp³-hybridized carbons (Fsp3) is 0.0909. The maximum absolute atomic E-state index is 5.27. The van der Waals surface area contributed by atoms with Crippen LogP contribution in [0.15, 0.2) is 35.0 Å². The molecule has 0 radical (unpaired) electrons. The highest BCUT2D eigenvalue weighted by Gasteiger charge is 2.08. The van der Waals surface area contributed by atoms with Gasteiger partial charge in [0.05, 0.1) is 7.11 Å². The van der Waals surface area contributed by atoms with Gasteiger partial charge in [0.15, 0.2) is 0 Å². The Morgan fingerprint density at radius 1 is 1.07 bits per heavy atom. The van der Waals surface area contributed by atoms with Crippen LogP contribution < -0.4 is 4.74 Å². The van der Waals surface area contributed by atoms with E-state index in [1.54, 1.807) is 7.11 Å². The van der Waals surface area contributed by atoms with Crippen molar-refractivity contribution in [1.29, 1.82) is 0 Å². The highest BCUT2D eigenvalue weighted by atomic mass is 16.6. The average molecular weight is 200 g/mol. The van der Waals surface area contributed by atoms with Crippen LogP contribution in [0.1, 0.15) is 0 Å². The first-order valence-electron chi connectivity index (χ1n) is 4.58. The Hall–Kier alpha value is -2.10. The predicted molar refractivity (Wildman–Crippen MR) is 55.9 cm³/mol. The van der Waals surface area contributed by atoms with Crippen LogP contribution in [-0.2, 0) is 0 Å². The normalized spacial score (nSPS) is 11.0. The number of aromatic nitrogens is 2. The van der Waals surface area contributed by atoms with Crippen molar-refractivity contribution in [1.82, 2.24) is 10.3 Å². The molecule has 0 aliphatic carbocycles. The van der Waals surface area contributed by atoms with Gasteiger partial charge in [0.1, 0.15) is 16.8 Å². The van der Waals surface area contributed by atoms with Gasteiger partial charge < -0.3 is 4.74 Å². The third-order valence-electron chi connectivity index (χ3n) is 2.46. The van der Waals surface area contributed by atoms with Gasteiger partial charge in [-0.1, -0.05) is 12.1 Å². The Morgan fingerprint density at radius 2 is 2.00 bits per heavy atom. The van der Waals surface area contributed by atoms with Gasteiger partial charge in [-0.25, -0.2) is 4.63 Å². The van der Waals surface area contributed by atoms with Gasteiger partial charge in [-0.05, 0) is 28.5 Å². The number of ether oxygens (including phenoxy) is 1. The van der Waals surface area contributed by atoms with E-state index in [1.165, 1.54) is 0 Å². The van der Waals surface area contributed by atoms with Crippen molar-refractivity contribution in [2.24, 2.45) is 0 Å². The molecule has 0 amide bonds. The maximum Gasteiger partial charge on any atom is 0.143 e. The van der Waals surface area contributed by atoms with Gasteiger partial charge in [-0.2, -0.15) is 0 Å². The average Bonchev–Trinajstić information content (AvgIpc) is 2.76. The summed E-state index contributed by atoms with van der Waals surface area (Å²) in [6.45, 7) is 0. The van der Waals surface area contributed by atoms with Gasteiger partial charge in [0.2, 0.25) is 0 Å². The summed E-state index contributed by atoms with van der Waals surface area (Å²) < 4.78 is 9.98. The minimum atomic E-state index is 0.760. The summed E-state index contributed by atoms with van der Waals surface area (Å²) in [6.07, 6.45) is 0. The lowest BCUT2D eigenvalue weighted by Crippen LogP contribution is -1.84. The first-order valence-corrected chi connectivity index (χ1v) is 4.58. The summed E-state index contributed by atoms with van der Waals surface area (Å²) in [4.78, 5) is 0. The molecular weight excluding hydrogens is 192 g/mol. The Morgan fingerprint density at radius 3 is 2.87 bits per heavy atom. The number of nitrogens with zero attached hydrogens (tertiary/aromatic N) is 2. The summed E-state index contributed by atoms with van der Waals surface area (Å²) >= 11 is 0. The molecule has 1 aromatic heterocycles. The first kappa shape index (κ1) is 8.23. The summed E-state index contributed by atoms with van der Waals surface area (Å²) in [6, 6.07) is 9.65. The highest BCUT2D eigenvalue weighted by molar-refractivity contribution is 6.05. The molecule has 0 bridgehead atoms. The molecule has 2 aromatic carbocycles. The van der Waals surface area contributed by atoms with E-state index >= 15 is 0 Å². The smallest absolute Gasteiger partial charge is 0.143 e. The highest BCUT2D eigenvalue weighted by Crippen LogP contribution is 2.29. The van der Waals surface area contributed by atoms with Crippen LogP contribution in [0.4, 0.5) is 0 Å².